The summed E-state index contributed by atoms with van der Waals surface area (Å²) in [5.41, 5.74) is 0.457. The van der Waals surface area contributed by atoms with Crippen molar-refractivity contribution in [3.63, 3.8) is 0 Å². The van der Waals surface area contributed by atoms with E-state index < -0.39 is 5.41 Å². The highest BCUT2D eigenvalue weighted by Crippen LogP contribution is 2.43. The average molecular weight is 453 g/mol. The minimum absolute atomic E-state index is 0.00689. The lowest BCUT2D eigenvalue weighted by Gasteiger charge is -2.38. The first kappa shape index (κ1) is 23.2. The lowest BCUT2D eigenvalue weighted by atomic mass is 9.73. The number of aryl methyl sites for hydroxylation is 2. The summed E-state index contributed by atoms with van der Waals surface area (Å²) in [5.74, 6) is 0.175. The van der Waals surface area contributed by atoms with Crippen molar-refractivity contribution in [3.8, 4) is 0 Å². The fourth-order valence-electron chi connectivity index (χ4n) is 5.32. The van der Waals surface area contributed by atoms with E-state index in [4.69, 9.17) is 4.74 Å². The topological polar surface area (TPSA) is 84.7 Å². The third-order valence-electron chi connectivity index (χ3n) is 7.02. The number of imidazole rings is 1. The van der Waals surface area contributed by atoms with Gasteiger partial charge in [-0.3, -0.25) is 19.3 Å². The van der Waals surface area contributed by atoms with Gasteiger partial charge in [-0.2, -0.15) is 0 Å². The fourth-order valence-corrected chi connectivity index (χ4v) is 5.32. The van der Waals surface area contributed by atoms with E-state index in [1.54, 1.807) is 6.20 Å². The molecule has 1 aromatic carbocycles. The molecule has 2 aromatic rings. The molecule has 2 unspecified atom stereocenters. The van der Waals surface area contributed by atoms with E-state index in [2.05, 4.69) is 4.98 Å². The number of hydrogen-bond donors (Lipinski definition) is 0. The van der Waals surface area contributed by atoms with Gasteiger partial charge in [0, 0.05) is 45.9 Å². The molecule has 3 heterocycles. The molecule has 3 amide bonds. The second-order valence-corrected chi connectivity index (χ2v) is 9.09. The van der Waals surface area contributed by atoms with E-state index >= 15 is 0 Å². The predicted octanol–water partition coefficient (Wildman–Crippen LogP) is 2.52. The quantitative estimate of drug-likeness (QED) is 0.603. The molecule has 0 bridgehead atoms. The van der Waals surface area contributed by atoms with Crippen LogP contribution in [0.5, 0.6) is 0 Å². The van der Waals surface area contributed by atoms with E-state index in [1.807, 2.05) is 53.9 Å². The van der Waals surface area contributed by atoms with Crippen molar-refractivity contribution in [2.45, 2.75) is 50.5 Å². The Kier molecular flexibility index (Phi) is 6.65. The summed E-state index contributed by atoms with van der Waals surface area (Å²) in [4.78, 5) is 48.1. The molecule has 33 heavy (non-hydrogen) atoms. The molecule has 176 valence electrons. The summed E-state index contributed by atoms with van der Waals surface area (Å²) in [6.45, 7) is 3.00. The first-order valence-corrected chi connectivity index (χ1v) is 11.6. The maximum Gasteiger partial charge on any atom is 0.240 e. The molecule has 2 atom stereocenters. The van der Waals surface area contributed by atoms with Crippen LogP contribution in [0.1, 0.15) is 55.1 Å². The molecule has 0 saturated carbocycles. The number of rotatable bonds is 7. The van der Waals surface area contributed by atoms with Crippen molar-refractivity contribution < 1.29 is 19.1 Å². The Hall–Kier alpha value is -3.00. The van der Waals surface area contributed by atoms with Gasteiger partial charge in [-0.25, -0.2) is 4.98 Å². The molecule has 0 radical (unpaired) electrons. The third-order valence-corrected chi connectivity index (χ3v) is 7.02. The zero-order valence-corrected chi connectivity index (χ0v) is 19.6. The van der Waals surface area contributed by atoms with Gasteiger partial charge in [0.05, 0.1) is 24.6 Å². The molecule has 8 heteroatoms. The van der Waals surface area contributed by atoms with Crippen LogP contribution in [0.15, 0.2) is 36.7 Å². The molecule has 0 aliphatic carbocycles. The van der Waals surface area contributed by atoms with Gasteiger partial charge in [0.1, 0.15) is 5.82 Å². The Balaban J connectivity index is 1.70. The van der Waals surface area contributed by atoms with Crippen LogP contribution in [0, 0.1) is 6.92 Å². The van der Waals surface area contributed by atoms with Crippen LogP contribution in [-0.2, 0) is 31.6 Å². The molecule has 2 saturated heterocycles. The van der Waals surface area contributed by atoms with Crippen LogP contribution in [0.2, 0.25) is 0 Å². The van der Waals surface area contributed by atoms with E-state index in [-0.39, 0.29) is 49.8 Å². The minimum Gasteiger partial charge on any atom is -0.383 e. The summed E-state index contributed by atoms with van der Waals surface area (Å²) in [6, 6.07) is 7.44. The van der Waals surface area contributed by atoms with Crippen LogP contribution in [0.3, 0.4) is 0 Å². The summed E-state index contributed by atoms with van der Waals surface area (Å²) in [7, 11) is 3.47. The van der Waals surface area contributed by atoms with Gasteiger partial charge in [0.25, 0.3) is 0 Å². The van der Waals surface area contributed by atoms with Gasteiger partial charge in [-0.05, 0) is 37.3 Å². The number of aromatic nitrogens is 2. The molecular weight excluding hydrogens is 420 g/mol. The van der Waals surface area contributed by atoms with Crippen molar-refractivity contribution >= 4 is 17.7 Å². The number of ether oxygens (including phenoxy) is 1. The number of likely N-dealkylation sites (tertiary alicyclic amines) is 2. The highest BCUT2D eigenvalue weighted by molar-refractivity contribution is 6.11. The van der Waals surface area contributed by atoms with E-state index in [9.17, 15) is 14.4 Å². The number of nitrogens with zero attached hydrogens (tertiary/aromatic N) is 4. The molecule has 4 rings (SSSR count). The van der Waals surface area contributed by atoms with Crippen molar-refractivity contribution in [2.75, 3.05) is 26.8 Å². The molecular formula is C25H32N4O4. The Morgan fingerprint density at radius 2 is 2.03 bits per heavy atom. The molecule has 2 fully saturated rings. The summed E-state index contributed by atoms with van der Waals surface area (Å²) in [6.07, 6.45) is 6.35. The highest BCUT2D eigenvalue weighted by Gasteiger charge is 2.54. The van der Waals surface area contributed by atoms with Crippen LogP contribution in [0.4, 0.5) is 0 Å². The first-order valence-electron chi connectivity index (χ1n) is 11.6. The van der Waals surface area contributed by atoms with Crippen LogP contribution in [0.25, 0.3) is 0 Å². The summed E-state index contributed by atoms with van der Waals surface area (Å²) in [5, 5.41) is 0. The Morgan fingerprint density at radius 1 is 1.24 bits per heavy atom. The van der Waals surface area contributed by atoms with E-state index in [0.29, 0.717) is 6.54 Å². The number of methoxy groups -OCH3 is 1. The number of carbonyl (C=O) groups is 3. The lowest BCUT2D eigenvalue weighted by Crippen LogP contribution is -2.46. The molecule has 8 nitrogen and oxygen atoms in total. The minimum atomic E-state index is -1.20. The van der Waals surface area contributed by atoms with Gasteiger partial charge in [-0.1, -0.05) is 24.3 Å². The lowest BCUT2D eigenvalue weighted by molar-refractivity contribution is -0.144. The number of piperidine rings is 1. The second-order valence-electron chi connectivity index (χ2n) is 9.09. The predicted molar refractivity (Wildman–Crippen MR) is 122 cm³/mol. The largest absolute Gasteiger partial charge is 0.383 e. The highest BCUT2D eigenvalue weighted by atomic mass is 16.5. The molecule has 0 N–H and O–H groups in total. The zero-order chi connectivity index (χ0) is 23.6. The number of carbonyl (C=O) groups excluding carboxylic acids is 3. The SMILES string of the molecule is COCCN1C(=O)CC(CC(=O)N2CCCCC2c2nccn2C)(c2ccccc2C)C1=O. The molecule has 1 aromatic heterocycles. The van der Waals surface area contributed by atoms with Gasteiger partial charge in [-0.15, -0.1) is 0 Å². The fraction of sp³-hybridized carbons (Fsp3) is 0.520. The van der Waals surface area contributed by atoms with Crippen LogP contribution < -0.4 is 0 Å². The molecule has 2 aliphatic rings. The first-order chi connectivity index (χ1) is 15.9. The second kappa shape index (κ2) is 9.47. The van der Waals surface area contributed by atoms with Crippen molar-refractivity contribution in [2.24, 2.45) is 7.05 Å². The average Bonchev–Trinajstić information content (AvgIpc) is 3.33. The van der Waals surface area contributed by atoms with Crippen LogP contribution >= 0.6 is 0 Å². The van der Waals surface area contributed by atoms with Gasteiger partial charge in [0.15, 0.2) is 0 Å². The smallest absolute Gasteiger partial charge is 0.240 e. The molecule has 0 spiro atoms. The maximum absolute atomic E-state index is 13.8. The Bertz CT molecular complexity index is 1050. The number of hydrogen-bond acceptors (Lipinski definition) is 5. The number of benzene rings is 1. The maximum atomic E-state index is 13.8. The van der Waals surface area contributed by atoms with Gasteiger partial charge < -0.3 is 14.2 Å². The monoisotopic (exact) mass is 452 g/mol. The third kappa shape index (κ3) is 4.19. The van der Waals surface area contributed by atoms with Crippen molar-refractivity contribution in [1.29, 1.82) is 0 Å². The van der Waals surface area contributed by atoms with Gasteiger partial charge in [0.2, 0.25) is 17.7 Å². The normalized spacial score (nSPS) is 23.4. The van der Waals surface area contributed by atoms with Gasteiger partial charge >= 0.3 is 0 Å². The summed E-state index contributed by atoms with van der Waals surface area (Å²) >= 11 is 0. The Morgan fingerprint density at radius 3 is 2.73 bits per heavy atom. The standard InChI is InChI=1S/C25H32N4O4/c1-18-8-4-5-9-19(18)25(17-22(31)29(24(25)32)14-15-33-3)16-21(30)28-12-7-6-10-20(28)23-26-11-13-27(23)2/h4-5,8-9,11,13,20H,6-7,10,12,14-17H2,1-3H3. The van der Waals surface area contributed by atoms with E-state index in [0.717, 1.165) is 36.2 Å². The summed E-state index contributed by atoms with van der Waals surface area (Å²) < 4.78 is 7.06. The van der Waals surface area contributed by atoms with E-state index in [1.165, 1.54) is 12.0 Å². The number of imide groups is 1. The number of amides is 3. The zero-order valence-electron chi connectivity index (χ0n) is 19.6. The van der Waals surface area contributed by atoms with Crippen molar-refractivity contribution in [1.82, 2.24) is 19.4 Å². The van der Waals surface area contributed by atoms with Crippen molar-refractivity contribution in [3.05, 3.63) is 53.6 Å². The Labute approximate surface area is 194 Å². The van der Waals surface area contributed by atoms with Crippen LogP contribution in [-0.4, -0.2) is 63.9 Å². The molecule has 2 aliphatic heterocycles.